The molecule has 0 bridgehead atoms. The van der Waals surface area contributed by atoms with Gasteiger partial charge in [0.05, 0.1) is 0 Å². The van der Waals surface area contributed by atoms with Gasteiger partial charge in [-0.1, -0.05) is 25.0 Å². The SMILES string of the molecule is CCNC(=O)c1cn(C2CCCC2)cc(C(=O)N2CCN(Cc3cccc(F)c3)CC2)c1=O. The van der Waals surface area contributed by atoms with Gasteiger partial charge in [-0.2, -0.15) is 0 Å². The maximum absolute atomic E-state index is 13.5. The normalized spacial score (nSPS) is 17.3. The van der Waals surface area contributed by atoms with E-state index < -0.39 is 11.3 Å². The van der Waals surface area contributed by atoms with E-state index in [1.54, 1.807) is 30.3 Å². The van der Waals surface area contributed by atoms with Gasteiger partial charge in [0.2, 0.25) is 5.43 Å². The first-order valence-electron chi connectivity index (χ1n) is 11.8. The van der Waals surface area contributed by atoms with E-state index in [2.05, 4.69) is 10.2 Å². The first kappa shape index (κ1) is 23.2. The highest BCUT2D eigenvalue weighted by Crippen LogP contribution is 2.29. The largest absolute Gasteiger partial charge is 0.352 e. The minimum atomic E-state index is -0.512. The molecule has 2 heterocycles. The highest BCUT2D eigenvalue weighted by molar-refractivity contribution is 5.99. The standard InChI is InChI=1S/C25H31FN4O3/c1-2-27-24(32)21-16-30(20-8-3-4-9-20)17-22(23(21)31)25(33)29-12-10-28(11-13-29)15-18-6-5-7-19(26)14-18/h5-7,14,16-17,20H,2-4,8-13,15H2,1H3,(H,27,32). The summed E-state index contributed by atoms with van der Waals surface area (Å²) in [6, 6.07) is 6.73. The summed E-state index contributed by atoms with van der Waals surface area (Å²) in [5.41, 5.74) is 0.467. The van der Waals surface area contributed by atoms with Crippen molar-refractivity contribution in [3.05, 3.63) is 69.4 Å². The molecule has 0 unspecified atom stereocenters. The third-order valence-electron chi connectivity index (χ3n) is 6.56. The molecule has 1 saturated carbocycles. The van der Waals surface area contributed by atoms with E-state index in [0.717, 1.165) is 31.2 Å². The molecule has 2 fully saturated rings. The minimum Gasteiger partial charge on any atom is -0.352 e. The number of aromatic nitrogens is 1. The Labute approximate surface area is 193 Å². The zero-order valence-corrected chi connectivity index (χ0v) is 19.1. The van der Waals surface area contributed by atoms with Gasteiger partial charge in [0.15, 0.2) is 0 Å². The zero-order chi connectivity index (χ0) is 23.4. The lowest BCUT2D eigenvalue weighted by molar-refractivity contribution is 0.0626. The second-order valence-electron chi connectivity index (χ2n) is 8.86. The van der Waals surface area contributed by atoms with Crippen molar-refractivity contribution in [3.8, 4) is 0 Å². The van der Waals surface area contributed by atoms with Gasteiger partial charge >= 0.3 is 0 Å². The summed E-state index contributed by atoms with van der Waals surface area (Å²) >= 11 is 0. The van der Waals surface area contributed by atoms with E-state index in [4.69, 9.17) is 0 Å². The Kier molecular flexibility index (Phi) is 7.23. The minimum absolute atomic E-state index is 0.0272. The van der Waals surface area contributed by atoms with Crippen LogP contribution in [0.1, 0.15) is 64.9 Å². The number of nitrogens with zero attached hydrogens (tertiary/aromatic N) is 3. The van der Waals surface area contributed by atoms with Crippen LogP contribution >= 0.6 is 0 Å². The van der Waals surface area contributed by atoms with Crippen molar-refractivity contribution in [2.24, 2.45) is 0 Å². The highest BCUT2D eigenvalue weighted by atomic mass is 19.1. The molecule has 1 aliphatic carbocycles. The molecule has 0 radical (unpaired) electrons. The molecule has 1 N–H and O–H groups in total. The quantitative estimate of drug-likeness (QED) is 0.729. The molecule has 1 aliphatic heterocycles. The fraction of sp³-hybridized carbons (Fsp3) is 0.480. The van der Waals surface area contributed by atoms with Crippen LogP contribution in [0.3, 0.4) is 0 Å². The van der Waals surface area contributed by atoms with Crippen molar-refractivity contribution < 1.29 is 14.0 Å². The van der Waals surface area contributed by atoms with Crippen LogP contribution in [0, 0.1) is 5.82 Å². The summed E-state index contributed by atoms with van der Waals surface area (Å²) in [5.74, 6) is -1.03. The van der Waals surface area contributed by atoms with E-state index in [0.29, 0.717) is 39.3 Å². The number of nitrogens with one attached hydrogen (secondary N) is 1. The number of carbonyl (C=O) groups is 2. The molecular formula is C25H31FN4O3. The average Bonchev–Trinajstić information content (AvgIpc) is 3.34. The van der Waals surface area contributed by atoms with Gasteiger partial charge in [0.25, 0.3) is 11.8 Å². The van der Waals surface area contributed by atoms with Gasteiger partial charge in [-0.25, -0.2) is 4.39 Å². The molecule has 0 spiro atoms. The Morgan fingerprint density at radius 1 is 1.06 bits per heavy atom. The maximum atomic E-state index is 13.5. The first-order valence-corrected chi connectivity index (χ1v) is 11.8. The topological polar surface area (TPSA) is 74.7 Å². The van der Waals surface area contributed by atoms with Gasteiger partial charge in [-0.15, -0.1) is 0 Å². The molecule has 1 saturated heterocycles. The van der Waals surface area contributed by atoms with Crippen LogP contribution in [0.25, 0.3) is 0 Å². The van der Waals surface area contributed by atoms with E-state index in [1.165, 1.54) is 12.1 Å². The number of halogens is 1. The molecule has 1 aromatic carbocycles. The molecule has 8 heteroatoms. The number of hydrogen-bond donors (Lipinski definition) is 1. The van der Waals surface area contributed by atoms with Crippen LogP contribution in [0.4, 0.5) is 4.39 Å². The Morgan fingerprint density at radius 3 is 2.42 bits per heavy atom. The number of benzene rings is 1. The molecule has 0 atom stereocenters. The van der Waals surface area contributed by atoms with Crippen LogP contribution in [0.15, 0.2) is 41.5 Å². The van der Waals surface area contributed by atoms with E-state index in [1.807, 2.05) is 10.6 Å². The summed E-state index contributed by atoms with van der Waals surface area (Å²) in [6.45, 7) is 5.04. The lowest BCUT2D eigenvalue weighted by atomic mass is 10.1. The lowest BCUT2D eigenvalue weighted by Gasteiger charge is -2.34. The smallest absolute Gasteiger partial charge is 0.259 e. The van der Waals surface area contributed by atoms with Gasteiger partial charge in [0.1, 0.15) is 16.9 Å². The van der Waals surface area contributed by atoms with Gasteiger partial charge < -0.3 is 14.8 Å². The second-order valence-corrected chi connectivity index (χ2v) is 8.86. The highest BCUT2D eigenvalue weighted by Gasteiger charge is 2.28. The van der Waals surface area contributed by atoms with Crippen molar-refractivity contribution in [1.82, 2.24) is 19.7 Å². The van der Waals surface area contributed by atoms with Crippen molar-refractivity contribution in [3.63, 3.8) is 0 Å². The first-order chi connectivity index (χ1) is 16.0. The van der Waals surface area contributed by atoms with Gasteiger partial charge in [0, 0.05) is 57.7 Å². The number of rotatable bonds is 6. The third-order valence-corrected chi connectivity index (χ3v) is 6.56. The third kappa shape index (κ3) is 5.33. The van der Waals surface area contributed by atoms with Crippen molar-refractivity contribution >= 4 is 11.8 Å². The number of carbonyl (C=O) groups excluding carboxylic acids is 2. The van der Waals surface area contributed by atoms with Crippen molar-refractivity contribution in [2.75, 3.05) is 32.7 Å². The van der Waals surface area contributed by atoms with Gasteiger partial charge in [-0.05, 0) is 37.5 Å². The predicted molar refractivity (Wildman–Crippen MR) is 124 cm³/mol. The van der Waals surface area contributed by atoms with E-state index in [9.17, 15) is 18.8 Å². The van der Waals surface area contributed by atoms with Crippen LogP contribution in [-0.4, -0.2) is 58.9 Å². The molecule has 2 aliphatic rings. The molecule has 176 valence electrons. The average molecular weight is 455 g/mol. The number of piperazine rings is 1. The number of amides is 2. The monoisotopic (exact) mass is 454 g/mol. The van der Waals surface area contributed by atoms with E-state index >= 15 is 0 Å². The molecule has 4 rings (SSSR count). The summed E-state index contributed by atoms with van der Waals surface area (Å²) in [7, 11) is 0. The molecule has 2 amide bonds. The van der Waals surface area contributed by atoms with Gasteiger partial charge in [-0.3, -0.25) is 19.3 Å². The molecule has 2 aromatic rings. The number of hydrogen-bond acceptors (Lipinski definition) is 4. The summed E-state index contributed by atoms with van der Waals surface area (Å²) < 4.78 is 15.4. The van der Waals surface area contributed by atoms with E-state index in [-0.39, 0.29) is 28.9 Å². The molecular weight excluding hydrogens is 423 g/mol. The maximum Gasteiger partial charge on any atom is 0.259 e. The van der Waals surface area contributed by atoms with Crippen molar-refractivity contribution in [2.45, 2.75) is 45.2 Å². The predicted octanol–water partition coefficient (Wildman–Crippen LogP) is 2.81. The second kappa shape index (κ2) is 10.3. The fourth-order valence-corrected chi connectivity index (χ4v) is 4.75. The number of pyridine rings is 1. The lowest BCUT2D eigenvalue weighted by Crippen LogP contribution is -2.49. The summed E-state index contributed by atoms with van der Waals surface area (Å²) in [6.07, 6.45) is 7.40. The Balaban J connectivity index is 1.51. The Hall–Kier alpha value is -3.00. The fourth-order valence-electron chi connectivity index (χ4n) is 4.75. The summed E-state index contributed by atoms with van der Waals surface area (Å²) in [5, 5.41) is 2.69. The van der Waals surface area contributed by atoms with Crippen LogP contribution in [0.5, 0.6) is 0 Å². The molecule has 33 heavy (non-hydrogen) atoms. The summed E-state index contributed by atoms with van der Waals surface area (Å²) in [4.78, 5) is 42.8. The van der Waals surface area contributed by atoms with Crippen LogP contribution in [-0.2, 0) is 6.54 Å². The molecule has 7 nitrogen and oxygen atoms in total. The van der Waals surface area contributed by atoms with Crippen molar-refractivity contribution in [1.29, 1.82) is 0 Å². The molecule has 1 aromatic heterocycles. The Bertz CT molecular complexity index is 1070. The van der Waals surface area contributed by atoms with Crippen LogP contribution < -0.4 is 10.7 Å². The zero-order valence-electron chi connectivity index (χ0n) is 19.1. The van der Waals surface area contributed by atoms with Crippen LogP contribution in [0.2, 0.25) is 0 Å². The Morgan fingerprint density at radius 2 is 1.76 bits per heavy atom.